The minimum Gasteiger partial charge on any atom is -0.494 e. The quantitative estimate of drug-likeness (QED) is 0.770. The molecule has 0 aliphatic carbocycles. The van der Waals surface area contributed by atoms with Crippen LogP contribution in [0.15, 0.2) is 24.3 Å². The van der Waals surface area contributed by atoms with Crippen LogP contribution in [0, 0.1) is 0 Å². The van der Waals surface area contributed by atoms with Gasteiger partial charge in [0.2, 0.25) is 5.91 Å². The van der Waals surface area contributed by atoms with Crippen LogP contribution in [-0.2, 0) is 9.59 Å². The van der Waals surface area contributed by atoms with E-state index >= 15 is 0 Å². The average molecular weight is 277 g/mol. The van der Waals surface area contributed by atoms with Gasteiger partial charge in [-0.2, -0.15) is 0 Å². The number of rotatable bonds is 5. The normalized spacial score (nSPS) is 14.2. The Morgan fingerprint density at radius 1 is 1.35 bits per heavy atom. The van der Waals surface area contributed by atoms with Crippen molar-refractivity contribution in [2.45, 2.75) is 6.92 Å². The van der Waals surface area contributed by atoms with Gasteiger partial charge >= 0.3 is 6.03 Å². The number of nitrogens with one attached hydrogen (secondary N) is 2. The summed E-state index contributed by atoms with van der Waals surface area (Å²) in [6.07, 6.45) is 0. The Balaban J connectivity index is 1.91. The average Bonchev–Trinajstić information content (AvgIpc) is 2.73. The Bertz CT molecular complexity index is 511. The fraction of sp³-hybridized carbons (Fsp3) is 0.308. The van der Waals surface area contributed by atoms with Gasteiger partial charge in [-0.05, 0) is 31.2 Å². The molecular formula is C13H15N3O4. The molecule has 0 radical (unpaired) electrons. The second-order valence-corrected chi connectivity index (χ2v) is 4.14. The van der Waals surface area contributed by atoms with Crippen LogP contribution in [0.4, 0.5) is 10.5 Å². The predicted octanol–water partition coefficient (Wildman–Crippen LogP) is 0.576. The van der Waals surface area contributed by atoms with Crippen molar-refractivity contribution in [2.75, 3.05) is 25.0 Å². The Morgan fingerprint density at radius 2 is 2.05 bits per heavy atom. The second-order valence-electron chi connectivity index (χ2n) is 4.14. The van der Waals surface area contributed by atoms with Crippen molar-refractivity contribution in [2.24, 2.45) is 0 Å². The van der Waals surface area contributed by atoms with Crippen molar-refractivity contribution >= 4 is 23.5 Å². The van der Waals surface area contributed by atoms with E-state index in [4.69, 9.17) is 4.74 Å². The van der Waals surface area contributed by atoms with Gasteiger partial charge in [0.15, 0.2) is 0 Å². The van der Waals surface area contributed by atoms with Crippen molar-refractivity contribution in [3.8, 4) is 5.75 Å². The third-order valence-corrected chi connectivity index (χ3v) is 2.69. The molecule has 0 atom stereocenters. The van der Waals surface area contributed by atoms with Crippen molar-refractivity contribution in [3.63, 3.8) is 0 Å². The molecule has 1 aromatic carbocycles. The van der Waals surface area contributed by atoms with E-state index in [9.17, 15) is 14.4 Å². The van der Waals surface area contributed by atoms with Gasteiger partial charge in [0, 0.05) is 5.69 Å². The zero-order valence-corrected chi connectivity index (χ0v) is 11.0. The first kappa shape index (κ1) is 13.9. The molecule has 7 nitrogen and oxygen atoms in total. The first-order chi connectivity index (χ1) is 9.60. The van der Waals surface area contributed by atoms with Gasteiger partial charge in [-0.25, -0.2) is 4.79 Å². The molecule has 2 rings (SSSR count). The molecule has 4 amide bonds. The third kappa shape index (κ3) is 3.25. The summed E-state index contributed by atoms with van der Waals surface area (Å²) >= 11 is 0. The van der Waals surface area contributed by atoms with E-state index < -0.39 is 17.8 Å². The van der Waals surface area contributed by atoms with E-state index in [2.05, 4.69) is 10.6 Å². The molecule has 1 saturated heterocycles. The number of hydrogen-bond acceptors (Lipinski definition) is 4. The minimum absolute atomic E-state index is 0.0604. The number of urea groups is 1. The summed E-state index contributed by atoms with van der Waals surface area (Å²) in [5.41, 5.74) is 0.575. The summed E-state index contributed by atoms with van der Waals surface area (Å²) in [6.45, 7) is 2.10. The van der Waals surface area contributed by atoms with Crippen LogP contribution in [0.1, 0.15) is 6.92 Å². The van der Waals surface area contributed by atoms with Crippen LogP contribution in [0.5, 0.6) is 5.75 Å². The van der Waals surface area contributed by atoms with E-state index in [0.29, 0.717) is 18.0 Å². The Hall–Kier alpha value is -2.57. The molecule has 20 heavy (non-hydrogen) atoms. The highest BCUT2D eigenvalue weighted by Crippen LogP contribution is 2.15. The smallest absolute Gasteiger partial charge is 0.325 e. The van der Waals surface area contributed by atoms with Crippen molar-refractivity contribution < 1.29 is 19.1 Å². The lowest BCUT2D eigenvalue weighted by Crippen LogP contribution is -2.38. The van der Waals surface area contributed by atoms with Crippen LogP contribution < -0.4 is 15.4 Å². The number of anilines is 1. The maximum absolute atomic E-state index is 11.8. The number of benzene rings is 1. The molecule has 1 fully saturated rings. The maximum atomic E-state index is 11.8. The van der Waals surface area contributed by atoms with Gasteiger partial charge in [-0.1, -0.05) is 0 Å². The Labute approximate surface area is 115 Å². The van der Waals surface area contributed by atoms with Gasteiger partial charge in [0.25, 0.3) is 5.91 Å². The first-order valence-electron chi connectivity index (χ1n) is 6.21. The van der Waals surface area contributed by atoms with Crippen LogP contribution in [0.2, 0.25) is 0 Å². The lowest BCUT2D eigenvalue weighted by Gasteiger charge is -2.12. The minimum atomic E-state index is -0.545. The van der Waals surface area contributed by atoms with Gasteiger partial charge in [-0.15, -0.1) is 0 Å². The van der Waals surface area contributed by atoms with Crippen LogP contribution >= 0.6 is 0 Å². The molecule has 1 aliphatic heterocycles. The maximum Gasteiger partial charge on any atom is 0.325 e. The highest BCUT2D eigenvalue weighted by molar-refractivity contribution is 6.06. The van der Waals surface area contributed by atoms with Crippen LogP contribution in [0.25, 0.3) is 0 Å². The zero-order valence-electron chi connectivity index (χ0n) is 11.0. The molecule has 106 valence electrons. The number of imide groups is 1. The van der Waals surface area contributed by atoms with E-state index in [-0.39, 0.29) is 13.1 Å². The molecule has 0 spiro atoms. The highest BCUT2D eigenvalue weighted by atomic mass is 16.5. The highest BCUT2D eigenvalue weighted by Gasteiger charge is 2.30. The molecule has 0 aromatic heterocycles. The van der Waals surface area contributed by atoms with E-state index in [0.717, 1.165) is 4.90 Å². The van der Waals surface area contributed by atoms with Gasteiger partial charge in [-0.3, -0.25) is 14.5 Å². The molecular weight excluding hydrogens is 262 g/mol. The second kappa shape index (κ2) is 6.05. The molecule has 2 N–H and O–H groups in total. The molecule has 0 unspecified atom stereocenters. The molecule has 7 heteroatoms. The SMILES string of the molecule is CCOc1ccc(NC(=O)CN2C(=O)CNC2=O)cc1. The van der Waals surface area contributed by atoms with E-state index in [1.807, 2.05) is 6.92 Å². The summed E-state index contributed by atoms with van der Waals surface area (Å²) in [5.74, 6) is -0.129. The lowest BCUT2D eigenvalue weighted by molar-refractivity contribution is -0.128. The monoisotopic (exact) mass is 277 g/mol. The van der Waals surface area contributed by atoms with Crippen molar-refractivity contribution in [3.05, 3.63) is 24.3 Å². The first-order valence-corrected chi connectivity index (χ1v) is 6.21. The Kier molecular flexibility index (Phi) is 4.19. The lowest BCUT2D eigenvalue weighted by atomic mass is 10.3. The number of ether oxygens (including phenoxy) is 1. The number of hydrogen-bond donors (Lipinski definition) is 2. The third-order valence-electron chi connectivity index (χ3n) is 2.69. The summed E-state index contributed by atoms with van der Waals surface area (Å²) in [7, 11) is 0. The van der Waals surface area contributed by atoms with E-state index in [1.54, 1.807) is 24.3 Å². The summed E-state index contributed by atoms with van der Waals surface area (Å²) in [6, 6.07) is 6.29. The topological polar surface area (TPSA) is 87.7 Å². The standard InChI is InChI=1S/C13H15N3O4/c1-2-20-10-5-3-9(4-6-10)15-11(17)8-16-12(18)7-14-13(16)19/h3-6H,2,7-8H2,1H3,(H,14,19)(H,15,17). The number of carbonyl (C=O) groups excluding carboxylic acids is 3. The van der Waals surface area contributed by atoms with Gasteiger partial charge in [0.1, 0.15) is 12.3 Å². The fourth-order valence-electron chi connectivity index (χ4n) is 1.76. The van der Waals surface area contributed by atoms with E-state index in [1.165, 1.54) is 0 Å². The fourth-order valence-corrected chi connectivity index (χ4v) is 1.76. The number of amides is 4. The summed E-state index contributed by atoms with van der Waals surface area (Å²) in [5, 5.41) is 4.96. The summed E-state index contributed by atoms with van der Waals surface area (Å²) in [4.78, 5) is 35.3. The van der Waals surface area contributed by atoms with Crippen molar-refractivity contribution in [1.29, 1.82) is 0 Å². The van der Waals surface area contributed by atoms with Crippen LogP contribution in [0.3, 0.4) is 0 Å². The molecule has 1 aliphatic rings. The number of nitrogens with zero attached hydrogens (tertiary/aromatic N) is 1. The predicted molar refractivity (Wildman–Crippen MR) is 71.4 cm³/mol. The van der Waals surface area contributed by atoms with Gasteiger partial charge in [0.05, 0.1) is 13.2 Å². The molecule has 1 aromatic rings. The molecule has 0 saturated carbocycles. The molecule has 1 heterocycles. The number of carbonyl (C=O) groups is 3. The Morgan fingerprint density at radius 3 is 2.60 bits per heavy atom. The zero-order chi connectivity index (χ0) is 14.5. The molecule has 0 bridgehead atoms. The van der Waals surface area contributed by atoms with Crippen LogP contribution in [-0.4, -0.2) is 42.4 Å². The largest absolute Gasteiger partial charge is 0.494 e. The van der Waals surface area contributed by atoms with Gasteiger partial charge < -0.3 is 15.4 Å². The van der Waals surface area contributed by atoms with Crippen molar-refractivity contribution in [1.82, 2.24) is 10.2 Å². The summed E-state index contributed by atoms with van der Waals surface area (Å²) < 4.78 is 5.28.